The van der Waals surface area contributed by atoms with Crippen molar-refractivity contribution in [1.29, 1.82) is 0 Å². The standard InChI is InChI=1S/C7H16NP/c1-8-5-2-3-7(8)4-6-9/h7H,2-6,9H2,1H3. The van der Waals surface area contributed by atoms with E-state index in [2.05, 4.69) is 21.2 Å². The van der Waals surface area contributed by atoms with Gasteiger partial charge >= 0.3 is 0 Å². The summed E-state index contributed by atoms with van der Waals surface area (Å²) in [6.45, 7) is 1.31. The molecule has 1 aliphatic rings. The van der Waals surface area contributed by atoms with E-state index in [0.29, 0.717) is 0 Å². The Labute approximate surface area is 60.0 Å². The van der Waals surface area contributed by atoms with Gasteiger partial charge in [0.15, 0.2) is 0 Å². The highest BCUT2D eigenvalue weighted by Gasteiger charge is 2.18. The van der Waals surface area contributed by atoms with Crippen molar-refractivity contribution >= 4 is 9.24 Å². The molecule has 0 aliphatic carbocycles. The topological polar surface area (TPSA) is 3.24 Å². The fourth-order valence-electron chi connectivity index (χ4n) is 1.54. The summed E-state index contributed by atoms with van der Waals surface area (Å²) in [5.41, 5.74) is 0. The van der Waals surface area contributed by atoms with Crippen LogP contribution >= 0.6 is 9.24 Å². The highest BCUT2D eigenvalue weighted by molar-refractivity contribution is 7.16. The number of hydrogen-bond acceptors (Lipinski definition) is 1. The van der Waals surface area contributed by atoms with Gasteiger partial charge in [0, 0.05) is 6.04 Å². The van der Waals surface area contributed by atoms with Crippen LogP contribution in [0.15, 0.2) is 0 Å². The maximum absolute atomic E-state index is 2.80. The van der Waals surface area contributed by atoms with Crippen molar-refractivity contribution in [3.05, 3.63) is 0 Å². The van der Waals surface area contributed by atoms with Gasteiger partial charge in [0.1, 0.15) is 0 Å². The van der Waals surface area contributed by atoms with E-state index in [4.69, 9.17) is 0 Å². The second-order valence-corrected chi connectivity index (χ2v) is 3.43. The van der Waals surface area contributed by atoms with Gasteiger partial charge in [0.05, 0.1) is 0 Å². The van der Waals surface area contributed by atoms with E-state index in [1.54, 1.807) is 0 Å². The van der Waals surface area contributed by atoms with E-state index in [0.717, 1.165) is 6.04 Å². The first-order chi connectivity index (χ1) is 4.34. The molecule has 1 fully saturated rings. The van der Waals surface area contributed by atoms with E-state index in [9.17, 15) is 0 Å². The van der Waals surface area contributed by atoms with E-state index < -0.39 is 0 Å². The molecule has 0 aromatic carbocycles. The molecule has 54 valence electrons. The maximum atomic E-state index is 2.80. The van der Waals surface area contributed by atoms with E-state index in [1.165, 1.54) is 32.0 Å². The molecule has 0 aromatic rings. The second kappa shape index (κ2) is 3.53. The number of nitrogens with zero attached hydrogens (tertiary/aromatic N) is 1. The Kier molecular flexibility index (Phi) is 2.94. The first-order valence-electron chi connectivity index (χ1n) is 3.75. The smallest absolute Gasteiger partial charge is 0.00958 e. The quantitative estimate of drug-likeness (QED) is 0.530. The Morgan fingerprint density at radius 1 is 1.67 bits per heavy atom. The van der Waals surface area contributed by atoms with Crippen molar-refractivity contribution in [3.63, 3.8) is 0 Å². The highest BCUT2D eigenvalue weighted by Crippen LogP contribution is 2.17. The molecule has 1 aliphatic heterocycles. The summed E-state index contributed by atoms with van der Waals surface area (Å²) < 4.78 is 0. The fourth-order valence-corrected chi connectivity index (χ4v) is 1.92. The summed E-state index contributed by atoms with van der Waals surface area (Å²) in [7, 11) is 5.03. The fraction of sp³-hybridized carbons (Fsp3) is 1.00. The molecule has 0 aromatic heterocycles. The third-order valence-electron chi connectivity index (χ3n) is 2.17. The Bertz CT molecular complexity index is 85.0. The zero-order valence-corrected chi connectivity index (χ0v) is 7.29. The minimum absolute atomic E-state index is 0.891. The van der Waals surface area contributed by atoms with E-state index in [1.807, 2.05) is 0 Å². The summed E-state index contributed by atoms with van der Waals surface area (Å²) in [6.07, 6.45) is 5.45. The van der Waals surface area contributed by atoms with Crippen LogP contribution in [-0.4, -0.2) is 30.7 Å². The third-order valence-corrected chi connectivity index (χ3v) is 2.50. The van der Waals surface area contributed by atoms with Crippen molar-refractivity contribution in [3.8, 4) is 0 Å². The molecule has 0 spiro atoms. The van der Waals surface area contributed by atoms with Crippen LogP contribution in [0.3, 0.4) is 0 Å². The van der Waals surface area contributed by atoms with Gasteiger partial charge in [-0.3, -0.25) is 0 Å². The lowest BCUT2D eigenvalue weighted by atomic mass is 10.2. The lowest BCUT2D eigenvalue weighted by molar-refractivity contribution is 0.305. The molecule has 0 bridgehead atoms. The lowest BCUT2D eigenvalue weighted by Gasteiger charge is -2.17. The summed E-state index contributed by atoms with van der Waals surface area (Å²) in [5, 5.41) is 0. The summed E-state index contributed by atoms with van der Waals surface area (Å²) in [6, 6.07) is 0.891. The van der Waals surface area contributed by atoms with Crippen LogP contribution in [0.25, 0.3) is 0 Å². The Hall–Kier alpha value is 0.390. The van der Waals surface area contributed by atoms with Crippen LogP contribution in [0.2, 0.25) is 0 Å². The number of rotatable bonds is 2. The predicted octanol–water partition coefficient (Wildman–Crippen LogP) is 1.35. The molecular weight excluding hydrogens is 129 g/mol. The van der Waals surface area contributed by atoms with Gasteiger partial charge in [-0.05, 0) is 39.0 Å². The average Bonchev–Trinajstić information content (AvgIpc) is 2.18. The maximum Gasteiger partial charge on any atom is 0.00958 e. The molecule has 0 radical (unpaired) electrons. The van der Waals surface area contributed by atoms with Crippen molar-refractivity contribution < 1.29 is 0 Å². The molecule has 0 saturated carbocycles. The first-order valence-corrected chi connectivity index (χ1v) is 4.56. The van der Waals surface area contributed by atoms with Gasteiger partial charge in [-0.2, -0.15) is 0 Å². The molecule has 0 amide bonds. The van der Waals surface area contributed by atoms with Crippen molar-refractivity contribution in [2.45, 2.75) is 25.3 Å². The van der Waals surface area contributed by atoms with Crippen LogP contribution in [0.1, 0.15) is 19.3 Å². The molecule has 2 heteroatoms. The van der Waals surface area contributed by atoms with Gasteiger partial charge in [0.2, 0.25) is 0 Å². The van der Waals surface area contributed by atoms with Gasteiger partial charge in [-0.15, -0.1) is 9.24 Å². The Balaban J connectivity index is 2.22. The van der Waals surface area contributed by atoms with Crippen LogP contribution in [0.5, 0.6) is 0 Å². The average molecular weight is 145 g/mol. The second-order valence-electron chi connectivity index (χ2n) is 2.85. The van der Waals surface area contributed by atoms with E-state index in [-0.39, 0.29) is 0 Å². The van der Waals surface area contributed by atoms with Gasteiger partial charge in [-0.1, -0.05) is 0 Å². The first kappa shape index (κ1) is 7.50. The minimum atomic E-state index is 0.891. The Morgan fingerprint density at radius 2 is 2.44 bits per heavy atom. The van der Waals surface area contributed by atoms with Crippen LogP contribution in [0, 0.1) is 0 Å². The summed E-state index contributed by atoms with van der Waals surface area (Å²) in [4.78, 5) is 2.48. The van der Waals surface area contributed by atoms with Crippen molar-refractivity contribution in [2.24, 2.45) is 0 Å². The molecule has 1 heterocycles. The number of likely N-dealkylation sites (tertiary alicyclic amines) is 1. The lowest BCUT2D eigenvalue weighted by Crippen LogP contribution is -2.24. The van der Waals surface area contributed by atoms with Crippen LogP contribution < -0.4 is 0 Å². The zero-order chi connectivity index (χ0) is 6.69. The van der Waals surface area contributed by atoms with Gasteiger partial charge < -0.3 is 4.90 Å². The molecule has 9 heavy (non-hydrogen) atoms. The molecule has 2 unspecified atom stereocenters. The molecule has 0 N–H and O–H groups in total. The van der Waals surface area contributed by atoms with Crippen molar-refractivity contribution in [1.82, 2.24) is 4.90 Å². The van der Waals surface area contributed by atoms with E-state index >= 15 is 0 Å². The summed E-state index contributed by atoms with van der Waals surface area (Å²) >= 11 is 0. The SMILES string of the molecule is CN1CCCC1CCP. The third kappa shape index (κ3) is 1.91. The molecule has 1 rings (SSSR count). The van der Waals surface area contributed by atoms with Gasteiger partial charge in [-0.25, -0.2) is 0 Å². The summed E-state index contributed by atoms with van der Waals surface area (Å²) in [5.74, 6) is 0. The molecule has 1 saturated heterocycles. The predicted molar refractivity (Wildman–Crippen MR) is 44.8 cm³/mol. The van der Waals surface area contributed by atoms with Gasteiger partial charge in [0.25, 0.3) is 0 Å². The molecule has 1 nitrogen and oxygen atoms in total. The molecular formula is C7H16NP. The van der Waals surface area contributed by atoms with Crippen LogP contribution in [-0.2, 0) is 0 Å². The highest BCUT2D eigenvalue weighted by atomic mass is 31.0. The van der Waals surface area contributed by atoms with Crippen LogP contribution in [0.4, 0.5) is 0 Å². The molecule has 2 atom stereocenters. The Morgan fingerprint density at radius 3 is 2.89 bits per heavy atom. The minimum Gasteiger partial charge on any atom is -0.303 e. The zero-order valence-electron chi connectivity index (χ0n) is 6.14. The monoisotopic (exact) mass is 145 g/mol. The largest absolute Gasteiger partial charge is 0.303 e. The van der Waals surface area contributed by atoms with Crippen molar-refractivity contribution in [2.75, 3.05) is 19.8 Å². The number of hydrogen-bond donors (Lipinski definition) is 0. The normalized spacial score (nSPS) is 29.3.